The zero-order chi connectivity index (χ0) is 21.5. The highest BCUT2D eigenvalue weighted by atomic mass is 32.2. The lowest BCUT2D eigenvalue weighted by molar-refractivity contribution is -0.172. The standard InChI is InChI=1S/C20H22N2O6S/c1-19(2,3)28-18(26)13-20(4,5)29(27)17-12(16(25)22(13)17)21-14(23)10-8-6-7-9-11(10)15(21)24/h6-9,12-13,17H,1-5H3/t12-,13+,17-,29?/m1/s1. The number of imide groups is 1. The highest BCUT2D eigenvalue weighted by molar-refractivity contribution is 7.87. The summed E-state index contributed by atoms with van der Waals surface area (Å²) in [6.45, 7) is 8.38. The number of ether oxygens (including phenoxy) is 1. The molecule has 8 nitrogen and oxygen atoms in total. The number of esters is 1. The van der Waals surface area contributed by atoms with Crippen LogP contribution >= 0.6 is 0 Å². The number of rotatable bonds is 2. The molecule has 1 unspecified atom stereocenters. The summed E-state index contributed by atoms with van der Waals surface area (Å²) in [6.07, 6.45) is 0. The van der Waals surface area contributed by atoms with E-state index in [1.165, 1.54) is 17.0 Å². The quantitative estimate of drug-likeness (QED) is 0.405. The third-order valence-electron chi connectivity index (χ3n) is 5.46. The first-order valence-corrected chi connectivity index (χ1v) is 10.5. The molecule has 9 heteroatoms. The van der Waals surface area contributed by atoms with E-state index in [0.717, 1.165) is 4.90 Å². The Morgan fingerprint density at radius 2 is 1.59 bits per heavy atom. The molecule has 0 aromatic heterocycles. The van der Waals surface area contributed by atoms with Crippen LogP contribution in [0.4, 0.5) is 0 Å². The molecule has 0 N–H and O–H groups in total. The highest BCUT2D eigenvalue weighted by Gasteiger charge is 2.71. The molecule has 0 bridgehead atoms. The van der Waals surface area contributed by atoms with Crippen LogP contribution in [0.1, 0.15) is 55.3 Å². The first kappa shape index (κ1) is 19.8. The van der Waals surface area contributed by atoms with Crippen molar-refractivity contribution < 1.29 is 28.1 Å². The maximum absolute atomic E-state index is 13.2. The molecule has 29 heavy (non-hydrogen) atoms. The maximum Gasteiger partial charge on any atom is 0.330 e. The van der Waals surface area contributed by atoms with Crippen LogP contribution in [0.25, 0.3) is 0 Å². The molecule has 3 heterocycles. The van der Waals surface area contributed by atoms with Crippen LogP contribution in [0.2, 0.25) is 0 Å². The third-order valence-corrected chi connectivity index (χ3v) is 7.64. The topological polar surface area (TPSA) is 101 Å². The van der Waals surface area contributed by atoms with E-state index < -0.39 is 62.3 Å². The molecule has 2 fully saturated rings. The Bertz CT molecular complexity index is 960. The van der Waals surface area contributed by atoms with Gasteiger partial charge in [0.1, 0.15) is 17.0 Å². The smallest absolute Gasteiger partial charge is 0.330 e. The van der Waals surface area contributed by atoms with Crippen LogP contribution < -0.4 is 0 Å². The van der Waals surface area contributed by atoms with Crippen LogP contribution in [0.15, 0.2) is 24.3 Å². The summed E-state index contributed by atoms with van der Waals surface area (Å²) in [4.78, 5) is 53.5. The summed E-state index contributed by atoms with van der Waals surface area (Å²) in [7, 11) is -1.68. The molecule has 154 valence electrons. The summed E-state index contributed by atoms with van der Waals surface area (Å²) in [5.41, 5.74) is -0.339. The summed E-state index contributed by atoms with van der Waals surface area (Å²) in [5, 5.41) is -0.933. The van der Waals surface area contributed by atoms with Crippen molar-refractivity contribution in [1.82, 2.24) is 9.80 Å². The molecule has 2 saturated heterocycles. The van der Waals surface area contributed by atoms with Gasteiger partial charge >= 0.3 is 5.97 Å². The Morgan fingerprint density at radius 3 is 2.07 bits per heavy atom. The van der Waals surface area contributed by atoms with E-state index in [9.17, 15) is 23.4 Å². The van der Waals surface area contributed by atoms with Gasteiger partial charge in [-0.1, -0.05) is 12.1 Å². The van der Waals surface area contributed by atoms with Crippen LogP contribution in [0, 0.1) is 0 Å². The SMILES string of the molecule is CC(C)(C)OC(=O)[C@@H]1N2C(=O)[C@@H](N3C(=O)c4ccccc4C3=O)[C@H]2S(=O)C1(C)C. The number of fused-ring (bicyclic) bond motifs is 2. The van der Waals surface area contributed by atoms with E-state index in [4.69, 9.17) is 4.74 Å². The first-order chi connectivity index (χ1) is 13.4. The number of hydrogen-bond acceptors (Lipinski definition) is 6. The Labute approximate surface area is 170 Å². The van der Waals surface area contributed by atoms with E-state index in [2.05, 4.69) is 0 Å². The van der Waals surface area contributed by atoms with E-state index in [1.54, 1.807) is 46.8 Å². The minimum atomic E-state index is -1.68. The van der Waals surface area contributed by atoms with Crippen LogP contribution in [-0.4, -0.2) is 65.5 Å². The second-order valence-electron chi connectivity index (χ2n) is 8.94. The Kier molecular flexibility index (Phi) is 4.07. The normalized spacial score (nSPS) is 30.2. The predicted octanol–water partition coefficient (Wildman–Crippen LogP) is 1.07. The zero-order valence-corrected chi connectivity index (χ0v) is 17.6. The van der Waals surface area contributed by atoms with Crippen molar-refractivity contribution in [2.45, 2.75) is 62.4 Å². The molecule has 3 aliphatic rings. The van der Waals surface area contributed by atoms with Gasteiger partial charge in [0.05, 0.1) is 26.7 Å². The number of carbonyl (C=O) groups excluding carboxylic acids is 4. The van der Waals surface area contributed by atoms with Gasteiger partial charge in [0.15, 0.2) is 6.04 Å². The zero-order valence-electron chi connectivity index (χ0n) is 16.8. The van der Waals surface area contributed by atoms with Gasteiger partial charge in [0, 0.05) is 0 Å². The molecule has 3 amide bonds. The van der Waals surface area contributed by atoms with Crippen molar-refractivity contribution in [3.8, 4) is 0 Å². The second-order valence-corrected chi connectivity index (χ2v) is 11.1. The van der Waals surface area contributed by atoms with Crippen LogP contribution in [-0.2, 0) is 25.1 Å². The Hall–Kier alpha value is -2.55. The van der Waals surface area contributed by atoms with Crippen molar-refractivity contribution in [1.29, 1.82) is 0 Å². The van der Waals surface area contributed by atoms with E-state index in [0.29, 0.717) is 0 Å². The number of benzene rings is 1. The minimum Gasteiger partial charge on any atom is -0.458 e. The fraction of sp³-hybridized carbons (Fsp3) is 0.500. The number of carbonyl (C=O) groups is 4. The van der Waals surface area contributed by atoms with E-state index >= 15 is 0 Å². The second kappa shape index (κ2) is 5.98. The summed E-state index contributed by atoms with van der Waals surface area (Å²) in [5.74, 6) is -2.38. The molecular weight excluding hydrogens is 396 g/mol. The lowest BCUT2D eigenvalue weighted by Gasteiger charge is -2.46. The summed E-state index contributed by atoms with van der Waals surface area (Å²) < 4.78 is 17.6. The third kappa shape index (κ3) is 2.59. The van der Waals surface area contributed by atoms with Gasteiger partial charge in [-0.15, -0.1) is 0 Å². The molecule has 0 radical (unpaired) electrons. The molecule has 4 atom stereocenters. The van der Waals surface area contributed by atoms with Crippen LogP contribution in [0.5, 0.6) is 0 Å². The van der Waals surface area contributed by atoms with Gasteiger partial charge in [-0.2, -0.15) is 0 Å². The fourth-order valence-corrected chi connectivity index (χ4v) is 6.13. The van der Waals surface area contributed by atoms with Gasteiger partial charge in [0.2, 0.25) is 0 Å². The maximum atomic E-state index is 13.2. The van der Waals surface area contributed by atoms with Crippen molar-refractivity contribution in [3.63, 3.8) is 0 Å². The lowest BCUT2D eigenvalue weighted by atomic mass is 9.95. The average Bonchev–Trinajstić information content (AvgIpc) is 2.96. The molecule has 0 saturated carbocycles. The molecular formula is C20H22N2O6S. The van der Waals surface area contributed by atoms with Gasteiger partial charge in [-0.25, -0.2) is 4.79 Å². The lowest BCUT2D eigenvalue weighted by Crippen LogP contribution is -2.72. The average molecular weight is 418 g/mol. The van der Waals surface area contributed by atoms with Crippen LogP contribution in [0.3, 0.4) is 0 Å². The Morgan fingerprint density at radius 1 is 1.07 bits per heavy atom. The van der Waals surface area contributed by atoms with Gasteiger partial charge in [0.25, 0.3) is 17.7 Å². The molecule has 4 rings (SSSR count). The predicted molar refractivity (Wildman–Crippen MR) is 103 cm³/mol. The van der Waals surface area contributed by atoms with Crippen molar-refractivity contribution in [2.75, 3.05) is 0 Å². The molecule has 1 aromatic carbocycles. The number of β-lactam (4-membered cyclic amide) rings is 1. The van der Waals surface area contributed by atoms with E-state index in [1.807, 2.05) is 0 Å². The highest BCUT2D eigenvalue weighted by Crippen LogP contribution is 2.47. The van der Waals surface area contributed by atoms with Crippen molar-refractivity contribution in [3.05, 3.63) is 35.4 Å². The Balaban J connectivity index is 1.68. The molecule has 1 aromatic rings. The number of amides is 3. The summed E-state index contributed by atoms with van der Waals surface area (Å²) >= 11 is 0. The fourth-order valence-electron chi connectivity index (χ4n) is 4.17. The van der Waals surface area contributed by atoms with Gasteiger partial charge in [-0.3, -0.25) is 23.5 Å². The first-order valence-electron chi connectivity index (χ1n) is 9.30. The van der Waals surface area contributed by atoms with Crippen molar-refractivity contribution >= 4 is 34.5 Å². The molecule has 3 aliphatic heterocycles. The minimum absolute atomic E-state index is 0.218. The van der Waals surface area contributed by atoms with Gasteiger partial charge < -0.3 is 9.64 Å². The van der Waals surface area contributed by atoms with Crippen molar-refractivity contribution in [2.24, 2.45) is 0 Å². The monoisotopic (exact) mass is 418 g/mol. The summed E-state index contributed by atoms with van der Waals surface area (Å²) in [6, 6.07) is 4.09. The van der Waals surface area contributed by atoms with Gasteiger partial charge in [-0.05, 0) is 46.8 Å². The van der Waals surface area contributed by atoms with E-state index in [-0.39, 0.29) is 11.1 Å². The molecule has 0 aliphatic carbocycles. The number of nitrogens with zero attached hydrogens (tertiary/aromatic N) is 2. The largest absolute Gasteiger partial charge is 0.458 e. The molecule has 0 spiro atoms. The number of hydrogen-bond donors (Lipinski definition) is 0.